The van der Waals surface area contributed by atoms with E-state index in [9.17, 15) is 0 Å². The van der Waals surface area contributed by atoms with Crippen molar-refractivity contribution in [2.24, 2.45) is 0 Å². The molecule has 2 aromatic rings. The zero-order valence-electron chi connectivity index (χ0n) is 10.3. The van der Waals surface area contributed by atoms with Crippen LogP contribution in [0.3, 0.4) is 0 Å². The first-order valence-corrected chi connectivity index (χ1v) is 4.00. The Hall–Kier alpha value is -0.810. The van der Waals surface area contributed by atoms with Crippen LogP contribution in [0.4, 0.5) is 0 Å². The van der Waals surface area contributed by atoms with E-state index in [1.807, 2.05) is 72.8 Å². The Labute approximate surface area is 128 Å². The molecule has 0 bridgehead atoms. The van der Waals surface area contributed by atoms with Gasteiger partial charge in [-0.25, -0.2) is 0 Å². The minimum atomic E-state index is 0. The van der Waals surface area contributed by atoms with Gasteiger partial charge in [-0.2, -0.15) is 0 Å². The Morgan fingerprint density at radius 2 is 0.278 bits per heavy atom. The second kappa shape index (κ2) is 29.8. The van der Waals surface area contributed by atoms with Crippen molar-refractivity contribution >= 4 is 37.2 Å². The van der Waals surface area contributed by atoms with E-state index >= 15 is 0 Å². The molecule has 0 aliphatic rings. The van der Waals surface area contributed by atoms with Gasteiger partial charge in [-0.3, -0.25) is 0 Å². The topological polar surface area (TPSA) is 105 Å². The zero-order valence-corrected chi connectivity index (χ0v) is 12.7. The van der Waals surface area contributed by atoms with Crippen LogP contribution in [0.2, 0.25) is 0 Å². The molecule has 0 spiro atoms. The molecular weight excluding hydrogens is 293 g/mol. The van der Waals surface area contributed by atoms with E-state index in [0.29, 0.717) is 0 Å². The lowest BCUT2D eigenvalue weighted by Crippen LogP contribution is -1.47. The number of hydrogen-bond donors (Lipinski definition) is 3. The maximum Gasteiger partial charge on any atom is -0.0623 e. The van der Waals surface area contributed by atoms with Gasteiger partial charge in [0, 0.05) is 0 Å². The highest BCUT2D eigenvalue weighted by Crippen LogP contribution is 1.80. The largest absolute Gasteiger partial charge is 0.344 e. The molecule has 0 fully saturated rings. The van der Waals surface area contributed by atoms with Gasteiger partial charge in [-0.1, -0.05) is 72.8 Å². The van der Waals surface area contributed by atoms with Crippen molar-refractivity contribution in [1.29, 1.82) is 0 Å². The van der Waals surface area contributed by atoms with Crippen molar-refractivity contribution in [3.8, 4) is 0 Å². The van der Waals surface area contributed by atoms with Crippen LogP contribution in [0.25, 0.3) is 0 Å². The van der Waals surface area contributed by atoms with Gasteiger partial charge in [-0.15, -0.1) is 37.2 Å². The van der Waals surface area contributed by atoms with Crippen LogP contribution < -0.4 is 18.5 Å². The molecule has 0 heterocycles. The van der Waals surface area contributed by atoms with E-state index < -0.39 is 0 Å². The Bertz CT molecular complexity index is 198. The van der Waals surface area contributed by atoms with Crippen LogP contribution in [0.1, 0.15) is 0 Å². The van der Waals surface area contributed by atoms with Gasteiger partial charge in [0.05, 0.1) is 0 Å². The average Bonchev–Trinajstić information content (AvgIpc) is 2.24. The standard InChI is InChI=1S/2C6H6.3ClH.3H3N/c2*1-2-4-6-5-3-1;;;;;;/h2*1-6H;3*1H;3*1H3. The Morgan fingerprint density at radius 1 is 0.222 bits per heavy atom. The molecule has 0 radical (unpaired) electrons. The highest BCUT2D eigenvalue weighted by molar-refractivity contribution is 5.86. The smallest absolute Gasteiger partial charge is 0.0623 e. The first-order valence-electron chi connectivity index (χ1n) is 4.00. The quantitative estimate of drug-likeness (QED) is 0.627. The minimum Gasteiger partial charge on any atom is -0.344 e. The summed E-state index contributed by atoms with van der Waals surface area (Å²) in [5.41, 5.74) is 0. The summed E-state index contributed by atoms with van der Waals surface area (Å²) in [4.78, 5) is 0. The third kappa shape index (κ3) is 24.4. The lowest BCUT2D eigenvalue weighted by molar-refractivity contribution is 1.72. The van der Waals surface area contributed by atoms with Crippen molar-refractivity contribution in [2.45, 2.75) is 0 Å². The molecule has 6 heteroatoms. The molecule has 9 N–H and O–H groups in total. The first-order chi connectivity index (χ1) is 6.00. The summed E-state index contributed by atoms with van der Waals surface area (Å²) >= 11 is 0. The SMILES string of the molecule is Cl.Cl.Cl.N.N.N.c1ccccc1.c1ccccc1. The maximum absolute atomic E-state index is 2.00. The summed E-state index contributed by atoms with van der Waals surface area (Å²) < 4.78 is 0. The van der Waals surface area contributed by atoms with Crippen LogP contribution in [0, 0.1) is 0 Å². The van der Waals surface area contributed by atoms with Crippen molar-refractivity contribution < 1.29 is 0 Å². The second-order valence-electron chi connectivity index (χ2n) is 2.31. The van der Waals surface area contributed by atoms with E-state index in [0.717, 1.165) is 0 Å². The lowest BCUT2D eigenvalue weighted by Gasteiger charge is -1.69. The predicted octanol–water partition coefficient (Wildman–Crippen LogP) is 5.12. The fraction of sp³-hybridized carbons (Fsp3) is 0. The van der Waals surface area contributed by atoms with Gasteiger partial charge in [0.1, 0.15) is 0 Å². The summed E-state index contributed by atoms with van der Waals surface area (Å²) in [7, 11) is 0. The zero-order chi connectivity index (χ0) is 8.49. The van der Waals surface area contributed by atoms with E-state index in [1.165, 1.54) is 0 Å². The van der Waals surface area contributed by atoms with Crippen LogP contribution in [-0.4, -0.2) is 0 Å². The molecule has 18 heavy (non-hydrogen) atoms. The highest BCUT2D eigenvalue weighted by Gasteiger charge is 1.58. The van der Waals surface area contributed by atoms with Crippen molar-refractivity contribution in [2.75, 3.05) is 0 Å². The Morgan fingerprint density at radius 3 is 0.333 bits per heavy atom. The van der Waals surface area contributed by atoms with Crippen molar-refractivity contribution in [1.82, 2.24) is 18.5 Å². The van der Waals surface area contributed by atoms with E-state index in [2.05, 4.69) is 0 Å². The van der Waals surface area contributed by atoms with Crippen LogP contribution in [0.15, 0.2) is 72.8 Å². The van der Waals surface area contributed by atoms with Crippen molar-refractivity contribution in [3.63, 3.8) is 0 Å². The Balaban J connectivity index is -0.0000000300. The summed E-state index contributed by atoms with van der Waals surface area (Å²) in [6.07, 6.45) is 0. The molecule has 0 atom stereocenters. The second-order valence-corrected chi connectivity index (χ2v) is 2.31. The van der Waals surface area contributed by atoms with Gasteiger partial charge in [-0.05, 0) is 0 Å². The fourth-order valence-corrected chi connectivity index (χ4v) is 0.770. The minimum absolute atomic E-state index is 0. The van der Waals surface area contributed by atoms with E-state index in [1.54, 1.807) is 0 Å². The highest BCUT2D eigenvalue weighted by atomic mass is 35.5. The molecule has 2 rings (SSSR count). The van der Waals surface area contributed by atoms with Crippen LogP contribution in [-0.2, 0) is 0 Å². The third-order valence-electron chi connectivity index (χ3n) is 1.33. The summed E-state index contributed by atoms with van der Waals surface area (Å²) in [5.74, 6) is 0. The molecule has 3 nitrogen and oxygen atoms in total. The normalized spacial score (nSPS) is 5.33. The first kappa shape index (κ1) is 36.0. The van der Waals surface area contributed by atoms with Gasteiger partial charge in [0.2, 0.25) is 0 Å². The Kier molecular flexibility index (Phi) is 59.6. The van der Waals surface area contributed by atoms with Gasteiger partial charge in [0.25, 0.3) is 0 Å². The fourth-order valence-electron chi connectivity index (χ4n) is 0.770. The molecule has 2 aromatic carbocycles. The van der Waals surface area contributed by atoms with Crippen molar-refractivity contribution in [3.05, 3.63) is 72.8 Å². The molecule has 0 aliphatic heterocycles. The van der Waals surface area contributed by atoms with E-state index in [4.69, 9.17) is 0 Å². The van der Waals surface area contributed by atoms with E-state index in [-0.39, 0.29) is 55.7 Å². The number of benzene rings is 2. The molecule has 0 unspecified atom stereocenters. The number of halogens is 3. The molecule has 0 saturated heterocycles. The molecular formula is C12H24Cl3N3. The summed E-state index contributed by atoms with van der Waals surface area (Å²) in [5, 5.41) is 0. The summed E-state index contributed by atoms with van der Waals surface area (Å²) in [6, 6.07) is 24.0. The third-order valence-corrected chi connectivity index (χ3v) is 1.33. The van der Waals surface area contributed by atoms with Gasteiger partial charge < -0.3 is 18.5 Å². The molecule has 0 saturated carbocycles. The van der Waals surface area contributed by atoms with Crippen LogP contribution in [0.5, 0.6) is 0 Å². The molecule has 0 aliphatic carbocycles. The molecule has 0 aromatic heterocycles. The summed E-state index contributed by atoms with van der Waals surface area (Å²) in [6.45, 7) is 0. The maximum atomic E-state index is 2.00. The molecule has 0 amide bonds. The van der Waals surface area contributed by atoms with Gasteiger partial charge in [0.15, 0.2) is 0 Å². The molecule has 108 valence electrons. The van der Waals surface area contributed by atoms with Gasteiger partial charge >= 0.3 is 0 Å². The number of hydrogen-bond acceptors (Lipinski definition) is 3. The van der Waals surface area contributed by atoms with Crippen LogP contribution >= 0.6 is 37.2 Å². The predicted molar refractivity (Wildman–Crippen MR) is 89.7 cm³/mol. The monoisotopic (exact) mass is 315 g/mol. The lowest BCUT2D eigenvalue weighted by atomic mass is 10.4. The number of rotatable bonds is 0. The average molecular weight is 317 g/mol.